The number of carbonyl (C=O) groups is 1. The van der Waals surface area contributed by atoms with Crippen LogP contribution >= 0.6 is 0 Å². The average Bonchev–Trinajstić information content (AvgIpc) is 2.04. The van der Waals surface area contributed by atoms with Crippen LogP contribution < -0.4 is 0 Å². The van der Waals surface area contributed by atoms with Gasteiger partial charge in [0.1, 0.15) is 11.9 Å². The van der Waals surface area contributed by atoms with Crippen LogP contribution in [0, 0.1) is 5.41 Å². The molecule has 0 aliphatic carbocycles. The van der Waals surface area contributed by atoms with Crippen LogP contribution in [0.15, 0.2) is 11.8 Å². The molecule has 0 aromatic heterocycles. The van der Waals surface area contributed by atoms with E-state index in [1.807, 2.05) is 27.7 Å². The number of ketones is 1. The molecular formula is C11H20FeO3. The SMILES string of the molecule is CCC(OC)/C(O)=C/C(=O)C(C)(C)C.[Fe]. The summed E-state index contributed by atoms with van der Waals surface area (Å²) in [7, 11) is 1.51. The Hall–Kier alpha value is -0.311. The standard InChI is InChI=1S/C11H20O3.Fe/c1-6-9(14-5)8(12)7-10(13)11(2,3)4;/h7,9,12H,6H2,1-5H3;/b8-7-;. The van der Waals surface area contributed by atoms with Gasteiger partial charge in [-0.1, -0.05) is 27.7 Å². The van der Waals surface area contributed by atoms with Crippen LogP contribution in [0.4, 0.5) is 0 Å². The van der Waals surface area contributed by atoms with E-state index < -0.39 is 5.41 Å². The summed E-state index contributed by atoms with van der Waals surface area (Å²) in [5, 5.41) is 9.56. The van der Waals surface area contributed by atoms with E-state index in [4.69, 9.17) is 4.74 Å². The van der Waals surface area contributed by atoms with Crippen LogP contribution in [0.3, 0.4) is 0 Å². The number of hydrogen-bond donors (Lipinski definition) is 1. The molecule has 15 heavy (non-hydrogen) atoms. The van der Waals surface area contributed by atoms with Crippen LogP contribution in [0.1, 0.15) is 34.1 Å². The Morgan fingerprint density at radius 3 is 2.20 bits per heavy atom. The third-order valence-corrected chi connectivity index (χ3v) is 2.00. The number of ether oxygens (including phenoxy) is 1. The normalized spacial score (nSPS) is 14.3. The predicted molar refractivity (Wildman–Crippen MR) is 56.3 cm³/mol. The summed E-state index contributed by atoms with van der Waals surface area (Å²) in [5.74, 6) is -0.0829. The van der Waals surface area contributed by atoms with Gasteiger partial charge in [0.15, 0.2) is 5.78 Å². The first-order valence-electron chi connectivity index (χ1n) is 4.80. The molecule has 1 N–H and O–H groups in total. The molecule has 0 aliphatic heterocycles. The Morgan fingerprint density at radius 2 is 1.93 bits per heavy atom. The van der Waals surface area contributed by atoms with Crippen molar-refractivity contribution < 1.29 is 31.7 Å². The third-order valence-electron chi connectivity index (χ3n) is 2.00. The minimum absolute atomic E-state index is 0. The van der Waals surface area contributed by atoms with Gasteiger partial charge in [-0.05, 0) is 6.42 Å². The van der Waals surface area contributed by atoms with Crippen molar-refractivity contribution in [3.8, 4) is 0 Å². The zero-order valence-corrected chi connectivity index (χ0v) is 11.1. The first-order chi connectivity index (χ1) is 6.32. The Balaban J connectivity index is 0. The van der Waals surface area contributed by atoms with E-state index in [-0.39, 0.29) is 34.7 Å². The number of carbonyl (C=O) groups excluding carboxylic acids is 1. The first kappa shape index (κ1) is 17.1. The summed E-state index contributed by atoms with van der Waals surface area (Å²) < 4.78 is 5.00. The second-order valence-corrected chi connectivity index (χ2v) is 4.32. The molecule has 90 valence electrons. The van der Waals surface area contributed by atoms with Crippen molar-refractivity contribution in [1.29, 1.82) is 0 Å². The van der Waals surface area contributed by atoms with Gasteiger partial charge >= 0.3 is 0 Å². The Bertz CT molecular complexity index is 224. The summed E-state index contributed by atoms with van der Waals surface area (Å²) in [6.07, 6.45) is 1.54. The largest absolute Gasteiger partial charge is 0.509 e. The van der Waals surface area contributed by atoms with Gasteiger partial charge in [-0.15, -0.1) is 0 Å². The number of aliphatic hydroxyl groups is 1. The van der Waals surface area contributed by atoms with Crippen LogP contribution in [-0.2, 0) is 26.6 Å². The average molecular weight is 256 g/mol. The summed E-state index contributed by atoms with van der Waals surface area (Å²) in [4.78, 5) is 11.5. The molecule has 4 heteroatoms. The molecular weight excluding hydrogens is 236 g/mol. The molecule has 0 fully saturated rings. The molecule has 0 aliphatic rings. The van der Waals surface area contributed by atoms with Gasteiger partial charge < -0.3 is 9.84 Å². The maximum atomic E-state index is 11.5. The van der Waals surface area contributed by atoms with E-state index in [1.165, 1.54) is 13.2 Å². The number of hydrogen-bond acceptors (Lipinski definition) is 3. The van der Waals surface area contributed by atoms with Crippen LogP contribution in [-0.4, -0.2) is 24.1 Å². The van der Waals surface area contributed by atoms with Gasteiger partial charge in [0.25, 0.3) is 0 Å². The topological polar surface area (TPSA) is 46.5 Å². The molecule has 1 unspecified atom stereocenters. The predicted octanol–water partition coefficient (Wildman–Crippen LogP) is 2.47. The Kier molecular flexibility index (Phi) is 8.03. The van der Waals surface area contributed by atoms with Gasteiger partial charge in [-0.3, -0.25) is 4.79 Å². The molecule has 1 atom stereocenters. The fourth-order valence-corrected chi connectivity index (χ4v) is 0.940. The van der Waals surface area contributed by atoms with E-state index in [1.54, 1.807) is 0 Å². The van der Waals surface area contributed by atoms with Gasteiger partial charge in [-0.2, -0.15) is 0 Å². The van der Waals surface area contributed by atoms with Crippen molar-refractivity contribution in [2.75, 3.05) is 7.11 Å². The van der Waals surface area contributed by atoms with E-state index in [9.17, 15) is 9.90 Å². The van der Waals surface area contributed by atoms with Gasteiger partial charge in [0.05, 0.1) is 0 Å². The van der Waals surface area contributed by atoms with Crippen molar-refractivity contribution in [2.45, 2.75) is 40.2 Å². The molecule has 0 spiro atoms. The zero-order valence-electron chi connectivity index (χ0n) is 9.98. The van der Waals surface area contributed by atoms with Crippen molar-refractivity contribution in [3.63, 3.8) is 0 Å². The van der Waals surface area contributed by atoms with Crippen LogP contribution in [0.25, 0.3) is 0 Å². The van der Waals surface area contributed by atoms with Crippen LogP contribution in [0.5, 0.6) is 0 Å². The Morgan fingerprint density at radius 1 is 1.47 bits per heavy atom. The maximum absolute atomic E-state index is 11.5. The quantitative estimate of drug-likeness (QED) is 0.477. The number of methoxy groups -OCH3 is 1. The first-order valence-corrected chi connectivity index (χ1v) is 4.80. The second-order valence-electron chi connectivity index (χ2n) is 4.32. The van der Waals surface area contributed by atoms with E-state index in [0.717, 1.165) is 0 Å². The van der Waals surface area contributed by atoms with Gasteiger partial charge in [-0.25, -0.2) is 0 Å². The molecule has 0 heterocycles. The van der Waals surface area contributed by atoms with Gasteiger partial charge in [0, 0.05) is 35.7 Å². The molecule has 0 bridgehead atoms. The molecule has 0 amide bonds. The van der Waals surface area contributed by atoms with Crippen molar-refractivity contribution >= 4 is 5.78 Å². The minimum Gasteiger partial charge on any atom is -0.509 e. The van der Waals surface area contributed by atoms with E-state index in [2.05, 4.69) is 0 Å². The summed E-state index contributed by atoms with van der Waals surface area (Å²) in [5.41, 5.74) is -0.458. The molecule has 0 rings (SSSR count). The fraction of sp³-hybridized carbons (Fsp3) is 0.727. The maximum Gasteiger partial charge on any atom is 0.164 e. The number of allylic oxidation sites excluding steroid dienone is 1. The zero-order chi connectivity index (χ0) is 11.4. The summed E-state index contributed by atoms with van der Waals surface area (Å²) in [6, 6.07) is 0. The monoisotopic (exact) mass is 256 g/mol. The summed E-state index contributed by atoms with van der Waals surface area (Å²) >= 11 is 0. The van der Waals surface area contributed by atoms with Crippen molar-refractivity contribution in [3.05, 3.63) is 11.8 Å². The van der Waals surface area contributed by atoms with Crippen molar-refractivity contribution in [1.82, 2.24) is 0 Å². The number of rotatable bonds is 4. The van der Waals surface area contributed by atoms with Crippen molar-refractivity contribution in [2.24, 2.45) is 5.41 Å². The molecule has 0 aromatic rings. The smallest absolute Gasteiger partial charge is 0.164 e. The van der Waals surface area contributed by atoms with E-state index in [0.29, 0.717) is 6.42 Å². The summed E-state index contributed by atoms with van der Waals surface area (Å²) in [6.45, 7) is 7.33. The van der Waals surface area contributed by atoms with E-state index >= 15 is 0 Å². The number of aliphatic hydroxyl groups excluding tert-OH is 1. The second kappa shape index (κ2) is 7.04. The van der Waals surface area contributed by atoms with Gasteiger partial charge in [0.2, 0.25) is 0 Å². The molecule has 0 radical (unpaired) electrons. The Labute approximate surface area is 102 Å². The molecule has 0 saturated heterocycles. The molecule has 0 aromatic carbocycles. The fourth-order valence-electron chi connectivity index (χ4n) is 0.940. The van der Waals surface area contributed by atoms with Crippen LogP contribution in [0.2, 0.25) is 0 Å². The molecule has 3 nitrogen and oxygen atoms in total. The molecule has 0 saturated carbocycles. The minimum atomic E-state index is -0.458. The third kappa shape index (κ3) is 5.98.